The maximum absolute atomic E-state index is 13.8. The predicted octanol–water partition coefficient (Wildman–Crippen LogP) is 6.56. The molecule has 2 aliphatic rings. The van der Waals surface area contributed by atoms with Crippen molar-refractivity contribution in [3.8, 4) is 5.75 Å². The van der Waals surface area contributed by atoms with Crippen LogP contribution in [0, 0.1) is 11.8 Å². The lowest BCUT2D eigenvalue weighted by atomic mass is 9.78. The molecule has 3 aromatic rings. The van der Waals surface area contributed by atoms with Crippen LogP contribution in [0.25, 0.3) is 0 Å². The lowest BCUT2D eigenvalue weighted by Crippen LogP contribution is -2.43. The highest BCUT2D eigenvalue weighted by atomic mass is 32.2. The number of hydrogen-bond donors (Lipinski definition) is 1. The summed E-state index contributed by atoms with van der Waals surface area (Å²) in [7, 11) is 1.64. The van der Waals surface area contributed by atoms with E-state index in [9.17, 15) is 9.59 Å². The smallest absolute Gasteiger partial charge is 0.259 e. The molecule has 1 heterocycles. The summed E-state index contributed by atoms with van der Waals surface area (Å²) >= 11 is 1.57. The number of nitrogens with zero attached hydrogens (tertiary/aromatic N) is 1. The molecule has 36 heavy (non-hydrogen) atoms. The van der Waals surface area contributed by atoms with Crippen LogP contribution in [-0.2, 0) is 6.54 Å². The Hall–Kier alpha value is -3.25. The topological polar surface area (TPSA) is 58.6 Å². The van der Waals surface area contributed by atoms with Crippen LogP contribution in [0.1, 0.15) is 59.4 Å². The van der Waals surface area contributed by atoms with E-state index in [1.165, 1.54) is 6.42 Å². The van der Waals surface area contributed by atoms with Gasteiger partial charge in [0.15, 0.2) is 0 Å². The van der Waals surface area contributed by atoms with Gasteiger partial charge in [0.2, 0.25) is 0 Å². The number of amides is 2. The maximum Gasteiger partial charge on any atom is 0.259 e. The number of anilines is 1. The maximum atomic E-state index is 13.8. The summed E-state index contributed by atoms with van der Waals surface area (Å²) in [4.78, 5) is 30.8. The molecule has 1 saturated carbocycles. The number of methoxy groups -OCH3 is 1. The molecule has 0 unspecified atom stereocenters. The van der Waals surface area contributed by atoms with Crippen molar-refractivity contribution in [3.05, 3.63) is 83.4 Å². The lowest BCUT2D eigenvalue weighted by Gasteiger charge is -2.34. The zero-order valence-electron chi connectivity index (χ0n) is 21.0. The third kappa shape index (κ3) is 4.87. The van der Waals surface area contributed by atoms with Crippen LogP contribution in [-0.4, -0.2) is 25.0 Å². The molecule has 5 nitrogen and oxygen atoms in total. The van der Waals surface area contributed by atoms with Crippen LogP contribution >= 0.6 is 11.8 Å². The molecule has 3 aromatic carbocycles. The Balaban J connectivity index is 1.51. The van der Waals surface area contributed by atoms with Gasteiger partial charge in [0.05, 0.1) is 24.9 Å². The number of carbonyl (C=O) groups is 2. The van der Waals surface area contributed by atoms with Crippen molar-refractivity contribution in [1.82, 2.24) is 5.32 Å². The van der Waals surface area contributed by atoms with Crippen molar-refractivity contribution in [2.45, 2.75) is 55.5 Å². The highest BCUT2D eigenvalue weighted by Crippen LogP contribution is 2.42. The summed E-state index contributed by atoms with van der Waals surface area (Å²) < 4.78 is 5.40. The highest BCUT2D eigenvalue weighted by molar-refractivity contribution is 7.99. The third-order valence-electron chi connectivity index (χ3n) is 7.59. The zero-order chi connectivity index (χ0) is 25.2. The van der Waals surface area contributed by atoms with E-state index >= 15 is 0 Å². The van der Waals surface area contributed by atoms with Crippen LogP contribution in [0.3, 0.4) is 0 Å². The average Bonchev–Trinajstić information content (AvgIpc) is 3.01. The number of carbonyl (C=O) groups excluding carboxylic acids is 2. The van der Waals surface area contributed by atoms with Crippen molar-refractivity contribution in [2.24, 2.45) is 11.8 Å². The van der Waals surface area contributed by atoms with E-state index in [0.29, 0.717) is 29.5 Å². The van der Waals surface area contributed by atoms with E-state index in [-0.39, 0.29) is 17.9 Å². The minimum Gasteiger partial charge on any atom is -0.497 e. The Morgan fingerprint density at radius 1 is 1.03 bits per heavy atom. The van der Waals surface area contributed by atoms with E-state index < -0.39 is 0 Å². The number of benzene rings is 3. The van der Waals surface area contributed by atoms with Crippen molar-refractivity contribution in [3.63, 3.8) is 0 Å². The minimum atomic E-state index is -0.0794. The molecule has 1 aliphatic carbocycles. The zero-order valence-corrected chi connectivity index (χ0v) is 21.8. The summed E-state index contributed by atoms with van der Waals surface area (Å²) in [5.74, 6) is 1.63. The largest absolute Gasteiger partial charge is 0.497 e. The SMILES string of the molecule is COc1cccc(CN2C(=O)c3ccccc3Sc3ccc(C(=O)N[C@@H]4CCC[C@H](C)[C@H]4C)cc32)c1. The van der Waals surface area contributed by atoms with Crippen LogP contribution < -0.4 is 15.0 Å². The van der Waals surface area contributed by atoms with Gasteiger partial charge < -0.3 is 15.0 Å². The van der Waals surface area contributed by atoms with Gasteiger partial charge >= 0.3 is 0 Å². The van der Waals surface area contributed by atoms with Gasteiger partial charge in [0.1, 0.15) is 5.75 Å². The average molecular weight is 501 g/mol. The quantitative estimate of drug-likeness (QED) is 0.431. The fraction of sp³-hybridized carbons (Fsp3) is 0.333. The minimum absolute atomic E-state index is 0.0769. The lowest BCUT2D eigenvalue weighted by molar-refractivity contribution is 0.0889. The Morgan fingerprint density at radius 2 is 1.86 bits per heavy atom. The number of ether oxygens (including phenoxy) is 1. The molecule has 2 amide bonds. The molecule has 6 heteroatoms. The molecule has 1 N–H and O–H groups in total. The predicted molar refractivity (Wildman–Crippen MR) is 144 cm³/mol. The summed E-state index contributed by atoms with van der Waals surface area (Å²) in [5.41, 5.74) is 2.95. The molecule has 0 radical (unpaired) electrons. The molecule has 0 bridgehead atoms. The van der Waals surface area contributed by atoms with E-state index in [2.05, 4.69) is 19.2 Å². The first-order valence-corrected chi connectivity index (χ1v) is 13.4. The number of hydrogen-bond acceptors (Lipinski definition) is 4. The molecule has 3 atom stereocenters. The van der Waals surface area contributed by atoms with Gasteiger partial charge in [-0.1, -0.05) is 62.7 Å². The fourth-order valence-corrected chi connectivity index (χ4v) is 6.27. The van der Waals surface area contributed by atoms with Gasteiger partial charge in [-0.3, -0.25) is 9.59 Å². The van der Waals surface area contributed by atoms with E-state index in [1.54, 1.807) is 23.8 Å². The van der Waals surface area contributed by atoms with Gasteiger partial charge in [-0.05, 0) is 66.3 Å². The van der Waals surface area contributed by atoms with E-state index in [4.69, 9.17) is 4.74 Å². The third-order valence-corrected chi connectivity index (χ3v) is 8.73. The second kappa shape index (κ2) is 10.4. The number of rotatable bonds is 5. The van der Waals surface area contributed by atoms with E-state index in [0.717, 1.165) is 39.6 Å². The summed E-state index contributed by atoms with van der Waals surface area (Å²) in [5, 5.41) is 3.28. The molecule has 1 fully saturated rings. The first-order valence-electron chi connectivity index (χ1n) is 12.6. The fourth-order valence-electron chi connectivity index (χ4n) is 5.21. The summed E-state index contributed by atoms with van der Waals surface area (Å²) in [6, 6.07) is 21.3. The number of nitrogens with one attached hydrogen (secondary N) is 1. The molecule has 1 aliphatic heterocycles. The molecule has 186 valence electrons. The molecular formula is C30H32N2O3S. The van der Waals surface area contributed by atoms with Gasteiger partial charge in [-0.2, -0.15) is 0 Å². The molecule has 0 aromatic heterocycles. The van der Waals surface area contributed by atoms with Gasteiger partial charge in [-0.25, -0.2) is 0 Å². The Bertz CT molecular complexity index is 1290. The van der Waals surface area contributed by atoms with Gasteiger partial charge in [0, 0.05) is 21.4 Å². The standard InChI is InChI=1S/C30H32N2O3S/c1-19-8-6-12-25(20(19)2)31-29(33)22-14-15-28-26(17-22)32(18-21-9-7-10-23(16-21)35-3)30(34)24-11-4-5-13-27(24)36-28/h4-5,7,9-11,13-17,19-20,25H,6,8,12,18H2,1-3H3,(H,31,33)/t19-,20+,25+/m0/s1. The summed E-state index contributed by atoms with van der Waals surface area (Å²) in [6.07, 6.45) is 3.36. The second-order valence-electron chi connectivity index (χ2n) is 9.87. The number of fused-ring (bicyclic) bond motifs is 2. The first-order chi connectivity index (χ1) is 17.4. The van der Waals surface area contributed by atoms with Crippen LogP contribution in [0.5, 0.6) is 5.75 Å². The Kier molecular flexibility index (Phi) is 7.06. The summed E-state index contributed by atoms with van der Waals surface area (Å²) in [6.45, 7) is 4.87. The van der Waals surface area contributed by atoms with Crippen LogP contribution in [0.2, 0.25) is 0 Å². The normalized spacial score (nSPS) is 21.2. The van der Waals surface area contributed by atoms with Crippen LogP contribution in [0.15, 0.2) is 76.5 Å². The highest BCUT2D eigenvalue weighted by Gasteiger charge is 2.31. The van der Waals surface area contributed by atoms with E-state index in [1.807, 2.05) is 66.7 Å². The van der Waals surface area contributed by atoms with Gasteiger partial charge in [-0.15, -0.1) is 0 Å². The van der Waals surface area contributed by atoms with Gasteiger partial charge in [0.25, 0.3) is 11.8 Å². The van der Waals surface area contributed by atoms with Crippen molar-refractivity contribution >= 4 is 29.3 Å². The Labute approximate surface area is 217 Å². The molecule has 5 rings (SSSR count). The van der Waals surface area contributed by atoms with Crippen molar-refractivity contribution < 1.29 is 14.3 Å². The monoisotopic (exact) mass is 500 g/mol. The molecule has 0 saturated heterocycles. The van der Waals surface area contributed by atoms with Crippen molar-refractivity contribution in [1.29, 1.82) is 0 Å². The first kappa shape index (κ1) is 24.4. The molecule has 0 spiro atoms. The second-order valence-corrected chi connectivity index (χ2v) is 11.0. The van der Waals surface area contributed by atoms with Crippen LogP contribution in [0.4, 0.5) is 5.69 Å². The Morgan fingerprint density at radius 3 is 2.69 bits per heavy atom. The van der Waals surface area contributed by atoms with Crippen molar-refractivity contribution in [2.75, 3.05) is 12.0 Å². The molecular weight excluding hydrogens is 468 g/mol.